The maximum atomic E-state index is 13.8. The number of carbonyl (C=O) groups is 1. The summed E-state index contributed by atoms with van der Waals surface area (Å²) in [6, 6.07) is 28.8. The Kier molecular flexibility index (Phi) is 5.14. The monoisotopic (exact) mass is 451 g/mol. The van der Waals surface area contributed by atoms with Gasteiger partial charge in [-0.1, -0.05) is 85.8 Å². The first-order valence-corrected chi connectivity index (χ1v) is 12.7. The first-order chi connectivity index (χ1) is 16.6. The van der Waals surface area contributed by atoms with E-state index in [0.29, 0.717) is 0 Å². The van der Waals surface area contributed by atoms with E-state index in [2.05, 4.69) is 90.7 Å². The van der Waals surface area contributed by atoms with Gasteiger partial charge in [0.25, 0.3) is 0 Å². The molecular weight excluding hydrogens is 418 g/mol. The number of aryl methyl sites for hydroxylation is 1. The largest absolute Gasteiger partial charge is 0.469 e. The second kappa shape index (κ2) is 8.09. The molecule has 0 spiro atoms. The Morgan fingerprint density at radius 3 is 2.44 bits per heavy atom. The normalized spacial score (nSPS) is 29.5. The Bertz CT molecular complexity index is 1200. The summed E-state index contributed by atoms with van der Waals surface area (Å²) in [5, 5.41) is 0. The molecular formula is C31H33NO2. The number of ether oxygens (including phenoxy) is 1. The predicted molar refractivity (Wildman–Crippen MR) is 135 cm³/mol. The highest BCUT2D eigenvalue weighted by atomic mass is 16.5. The number of carbonyl (C=O) groups excluding carboxylic acids is 1. The molecule has 3 aliphatic carbocycles. The Morgan fingerprint density at radius 2 is 1.71 bits per heavy atom. The van der Waals surface area contributed by atoms with Crippen LogP contribution in [0.4, 0.5) is 0 Å². The van der Waals surface area contributed by atoms with Crippen molar-refractivity contribution in [3.63, 3.8) is 0 Å². The average Bonchev–Trinajstić information content (AvgIpc) is 3.30. The molecule has 4 atom stereocenters. The van der Waals surface area contributed by atoms with Crippen molar-refractivity contribution in [1.29, 1.82) is 0 Å². The number of hydrogen-bond acceptors (Lipinski definition) is 3. The van der Waals surface area contributed by atoms with Gasteiger partial charge in [-0.3, -0.25) is 9.69 Å². The van der Waals surface area contributed by atoms with Crippen molar-refractivity contribution in [3.05, 3.63) is 107 Å². The number of hydrogen-bond donors (Lipinski definition) is 0. The highest BCUT2D eigenvalue weighted by Gasteiger charge is 2.70. The lowest BCUT2D eigenvalue weighted by Crippen LogP contribution is -2.60. The van der Waals surface area contributed by atoms with Gasteiger partial charge in [-0.25, -0.2) is 0 Å². The molecule has 1 heterocycles. The van der Waals surface area contributed by atoms with Gasteiger partial charge in [-0.15, -0.1) is 0 Å². The minimum absolute atomic E-state index is 0.0261. The van der Waals surface area contributed by atoms with Crippen LogP contribution in [0.25, 0.3) is 0 Å². The van der Waals surface area contributed by atoms with Gasteiger partial charge in [0.05, 0.1) is 12.5 Å². The molecule has 0 amide bonds. The Balaban J connectivity index is 1.53. The summed E-state index contributed by atoms with van der Waals surface area (Å²) in [6.07, 6.45) is 3.15. The van der Waals surface area contributed by atoms with E-state index in [1.165, 1.54) is 27.8 Å². The third-order valence-electron chi connectivity index (χ3n) is 9.10. The maximum Gasteiger partial charge on any atom is 0.314 e. The molecule has 4 unspecified atom stereocenters. The van der Waals surface area contributed by atoms with Gasteiger partial charge in [-0.2, -0.15) is 0 Å². The van der Waals surface area contributed by atoms with Crippen LogP contribution in [0.5, 0.6) is 0 Å². The molecule has 2 fully saturated rings. The molecule has 0 aromatic heterocycles. The summed E-state index contributed by atoms with van der Waals surface area (Å²) in [6.45, 7) is 4.73. The number of esters is 1. The Labute approximate surface area is 202 Å². The smallest absolute Gasteiger partial charge is 0.314 e. The first-order valence-electron chi connectivity index (χ1n) is 12.7. The van der Waals surface area contributed by atoms with Crippen molar-refractivity contribution in [3.8, 4) is 0 Å². The average molecular weight is 452 g/mol. The second-order valence-electron chi connectivity index (χ2n) is 10.4. The molecule has 4 aliphatic rings. The van der Waals surface area contributed by atoms with E-state index < -0.39 is 5.41 Å². The van der Waals surface area contributed by atoms with Crippen molar-refractivity contribution in [2.45, 2.75) is 44.1 Å². The number of nitrogens with zero attached hydrogens (tertiary/aromatic N) is 1. The lowest BCUT2D eigenvalue weighted by molar-refractivity contribution is -0.161. The van der Waals surface area contributed by atoms with Crippen LogP contribution in [0, 0.1) is 11.3 Å². The highest BCUT2D eigenvalue weighted by Crippen LogP contribution is 2.69. The van der Waals surface area contributed by atoms with Crippen LogP contribution in [0.15, 0.2) is 78.9 Å². The number of benzene rings is 3. The molecule has 34 heavy (non-hydrogen) atoms. The summed E-state index contributed by atoms with van der Waals surface area (Å²) >= 11 is 0. The molecule has 2 bridgehead atoms. The van der Waals surface area contributed by atoms with Gasteiger partial charge in [0.2, 0.25) is 0 Å². The summed E-state index contributed by atoms with van der Waals surface area (Å²) in [5.41, 5.74) is 6.12. The molecule has 3 nitrogen and oxygen atoms in total. The molecule has 3 heteroatoms. The molecule has 1 aliphatic heterocycles. The van der Waals surface area contributed by atoms with Gasteiger partial charge < -0.3 is 4.74 Å². The second-order valence-corrected chi connectivity index (χ2v) is 10.4. The van der Waals surface area contributed by atoms with Gasteiger partial charge in [-0.05, 0) is 47.1 Å². The van der Waals surface area contributed by atoms with Gasteiger partial charge >= 0.3 is 5.97 Å². The van der Waals surface area contributed by atoms with E-state index >= 15 is 0 Å². The molecule has 0 N–H and O–H groups in total. The lowest BCUT2D eigenvalue weighted by Gasteiger charge is -2.59. The fourth-order valence-corrected chi connectivity index (χ4v) is 7.72. The summed E-state index contributed by atoms with van der Waals surface area (Å²) in [4.78, 5) is 16.3. The number of likely N-dealkylation sites (tertiary alicyclic amines) is 1. The van der Waals surface area contributed by atoms with Crippen molar-refractivity contribution < 1.29 is 9.53 Å². The van der Waals surface area contributed by atoms with E-state index in [9.17, 15) is 4.79 Å². The van der Waals surface area contributed by atoms with Crippen LogP contribution in [0.2, 0.25) is 0 Å². The van der Waals surface area contributed by atoms with Crippen LogP contribution >= 0.6 is 0 Å². The molecule has 7 rings (SSSR count). The molecule has 1 saturated heterocycles. The van der Waals surface area contributed by atoms with E-state index in [1.807, 2.05) is 0 Å². The van der Waals surface area contributed by atoms with Gasteiger partial charge in [0, 0.05) is 36.9 Å². The van der Waals surface area contributed by atoms with Crippen LogP contribution < -0.4 is 0 Å². The topological polar surface area (TPSA) is 29.5 Å². The molecule has 3 aromatic rings. The van der Waals surface area contributed by atoms with E-state index in [1.54, 1.807) is 7.11 Å². The zero-order chi connectivity index (χ0) is 23.3. The molecule has 174 valence electrons. The third-order valence-corrected chi connectivity index (χ3v) is 9.10. The molecule has 1 saturated carbocycles. The fraction of sp³-hybridized carbons (Fsp3) is 0.387. The minimum Gasteiger partial charge on any atom is -0.469 e. The SMILES string of the molecule is CCc1ccc(C23CCC(c4ccccc42)C2(C(=O)OC)CN(Cc4ccccc4)CC32)cc1. The van der Waals surface area contributed by atoms with Gasteiger partial charge in [0.15, 0.2) is 0 Å². The van der Waals surface area contributed by atoms with Crippen molar-refractivity contribution >= 4 is 5.97 Å². The quantitative estimate of drug-likeness (QED) is 0.465. The molecule has 0 radical (unpaired) electrons. The van der Waals surface area contributed by atoms with E-state index in [0.717, 1.165) is 38.9 Å². The van der Waals surface area contributed by atoms with Crippen molar-refractivity contribution in [2.75, 3.05) is 20.2 Å². The summed E-state index contributed by atoms with van der Waals surface area (Å²) < 4.78 is 5.61. The van der Waals surface area contributed by atoms with Crippen molar-refractivity contribution in [2.24, 2.45) is 11.3 Å². The van der Waals surface area contributed by atoms with Crippen LogP contribution in [-0.2, 0) is 27.9 Å². The zero-order valence-electron chi connectivity index (χ0n) is 20.2. The summed E-state index contributed by atoms with van der Waals surface area (Å²) in [5.74, 6) is 0.373. The van der Waals surface area contributed by atoms with E-state index in [-0.39, 0.29) is 23.2 Å². The standard InChI is InChI=1S/C31H33NO2/c1-3-22-13-15-24(16-14-22)30-18-17-27(25-11-7-8-12-26(25)30)31(29(33)34-2)21-32(20-28(30)31)19-23-9-5-4-6-10-23/h4-16,27-28H,3,17-21H2,1-2H3. The first kappa shape index (κ1) is 21.6. The molecule has 3 aromatic carbocycles. The van der Waals surface area contributed by atoms with Gasteiger partial charge in [0.1, 0.15) is 0 Å². The van der Waals surface area contributed by atoms with Crippen molar-refractivity contribution in [1.82, 2.24) is 4.90 Å². The predicted octanol–water partition coefficient (Wildman–Crippen LogP) is 5.72. The number of methoxy groups -OCH3 is 1. The zero-order valence-corrected chi connectivity index (χ0v) is 20.2. The number of fused-ring (bicyclic) bond motifs is 1. The minimum atomic E-state index is -0.514. The van der Waals surface area contributed by atoms with Crippen LogP contribution in [0.1, 0.15) is 53.5 Å². The fourth-order valence-electron chi connectivity index (χ4n) is 7.72. The third kappa shape index (κ3) is 2.89. The number of rotatable bonds is 5. The maximum absolute atomic E-state index is 13.8. The highest BCUT2D eigenvalue weighted by molar-refractivity contribution is 5.82. The van der Waals surface area contributed by atoms with E-state index in [4.69, 9.17) is 4.74 Å². The summed E-state index contributed by atoms with van der Waals surface area (Å²) in [7, 11) is 1.57. The Morgan fingerprint density at radius 1 is 0.971 bits per heavy atom. The van der Waals surface area contributed by atoms with Crippen LogP contribution in [-0.4, -0.2) is 31.1 Å². The Hall–Kier alpha value is -2.91. The van der Waals surface area contributed by atoms with Crippen LogP contribution in [0.3, 0.4) is 0 Å². The lowest BCUT2D eigenvalue weighted by atomic mass is 9.42.